The Kier molecular flexibility index (Phi) is 4.81. The number of fused-ring (bicyclic) bond motifs is 1. The lowest BCUT2D eigenvalue weighted by Crippen LogP contribution is -2.10. The number of hydrogen-bond acceptors (Lipinski definition) is 2. The van der Waals surface area contributed by atoms with Crippen LogP contribution in [0.15, 0.2) is 108 Å². The summed E-state index contributed by atoms with van der Waals surface area (Å²) in [6.07, 6.45) is 0. The van der Waals surface area contributed by atoms with Gasteiger partial charge in [-0.1, -0.05) is 72.8 Å². The molecule has 3 nitrogen and oxygen atoms in total. The Balaban J connectivity index is 1.40. The molecule has 0 aliphatic heterocycles. The van der Waals surface area contributed by atoms with E-state index in [1.165, 1.54) is 6.07 Å². The van der Waals surface area contributed by atoms with Gasteiger partial charge in [0.2, 0.25) is 0 Å². The molecule has 0 aliphatic carbocycles. The van der Waals surface area contributed by atoms with Gasteiger partial charge in [-0.05, 0) is 47.0 Å². The van der Waals surface area contributed by atoms with Crippen molar-refractivity contribution in [2.24, 2.45) is 0 Å². The van der Waals surface area contributed by atoms with Crippen LogP contribution in [0.5, 0.6) is 0 Å². The first-order valence-electron chi connectivity index (χ1n) is 9.93. The molecular formula is C27H18FNO2. The van der Waals surface area contributed by atoms with Crippen LogP contribution in [-0.4, -0.2) is 5.91 Å². The van der Waals surface area contributed by atoms with Crippen molar-refractivity contribution in [2.75, 3.05) is 5.32 Å². The molecule has 0 radical (unpaired) electrons. The summed E-state index contributed by atoms with van der Waals surface area (Å²) in [4.78, 5) is 12.6. The Hall–Kier alpha value is -4.18. The van der Waals surface area contributed by atoms with Crippen LogP contribution in [0.3, 0.4) is 0 Å². The Morgan fingerprint density at radius 1 is 0.710 bits per heavy atom. The molecule has 0 saturated heterocycles. The summed E-state index contributed by atoms with van der Waals surface area (Å²) in [6.45, 7) is 0. The standard InChI is InChI=1S/C27H18FNO2/c28-24-16-19(18-7-2-1-3-8-18)13-14-23(24)20-10-6-11-22(15-20)29-27(30)26-17-21-9-4-5-12-25(21)31-26/h1-17H,(H,29,30). The third kappa shape index (κ3) is 3.83. The van der Waals surface area contributed by atoms with E-state index in [1.807, 2.05) is 66.7 Å². The van der Waals surface area contributed by atoms with Crippen molar-refractivity contribution < 1.29 is 13.6 Å². The van der Waals surface area contributed by atoms with E-state index < -0.39 is 0 Å². The Bertz CT molecular complexity index is 1360. The van der Waals surface area contributed by atoms with Crippen molar-refractivity contribution in [1.29, 1.82) is 0 Å². The molecule has 5 aromatic rings. The highest BCUT2D eigenvalue weighted by Crippen LogP contribution is 2.29. The molecule has 0 atom stereocenters. The van der Waals surface area contributed by atoms with Gasteiger partial charge in [0.25, 0.3) is 5.91 Å². The van der Waals surface area contributed by atoms with E-state index in [1.54, 1.807) is 30.3 Å². The van der Waals surface area contributed by atoms with E-state index in [9.17, 15) is 9.18 Å². The maximum absolute atomic E-state index is 14.9. The molecule has 0 bridgehead atoms. The average molecular weight is 407 g/mol. The number of furan rings is 1. The highest BCUT2D eigenvalue weighted by Gasteiger charge is 2.13. The normalized spacial score (nSPS) is 10.9. The SMILES string of the molecule is O=C(Nc1cccc(-c2ccc(-c3ccccc3)cc2F)c1)c1cc2ccccc2o1. The molecular weight excluding hydrogens is 389 g/mol. The second-order valence-corrected chi connectivity index (χ2v) is 7.24. The first kappa shape index (κ1) is 18.8. The van der Waals surface area contributed by atoms with Gasteiger partial charge in [-0.2, -0.15) is 0 Å². The van der Waals surface area contributed by atoms with Crippen LogP contribution in [0.2, 0.25) is 0 Å². The van der Waals surface area contributed by atoms with Gasteiger partial charge in [-0.15, -0.1) is 0 Å². The smallest absolute Gasteiger partial charge is 0.291 e. The van der Waals surface area contributed by atoms with Crippen LogP contribution in [-0.2, 0) is 0 Å². The molecule has 0 fully saturated rings. The maximum Gasteiger partial charge on any atom is 0.291 e. The molecule has 0 aliphatic rings. The fourth-order valence-corrected chi connectivity index (χ4v) is 3.61. The Morgan fingerprint density at radius 2 is 1.48 bits per heavy atom. The number of carbonyl (C=O) groups is 1. The number of carbonyl (C=O) groups excluding carboxylic acids is 1. The van der Waals surface area contributed by atoms with E-state index in [0.717, 1.165) is 16.5 Å². The number of para-hydroxylation sites is 1. The molecule has 1 N–H and O–H groups in total. The summed E-state index contributed by atoms with van der Waals surface area (Å²) in [5.41, 5.74) is 4.14. The number of amides is 1. The topological polar surface area (TPSA) is 42.2 Å². The van der Waals surface area contributed by atoms with Gasteiger partial charge in [-0.3, -0.25) is 4.79 Å². The molecule has 31 heavy (non-hydrogen) atoms. The molecule has 1 amide bonds. The maximum atomic E-state index is 14.9. The lowest BCUT2D eigenvalue weighted by atomic mass is 9.99. The molecule has 0 spiro atoms. The highest BCUT2D eigenvalue weighted by atomic mass is 19.1. The van der Waals surface area contributed by atoms with Gasteiger partial charge in [0, 0.05) is 16.6 Å². The zero-order chi connectivity index (χ0) is 21.2. The van der Waals surface area contributed by atoms with Crippen molar-refractivity contribution in [2.45, 2.75) is 0 Å². The monoisotopic (exact) mass is 407 g/mol. The lowest BCUT2D eigenvalue weighted by Gasteiger charge is -2.09. The third-order valence-corrected chi connectivity index (χ3v) is 5.16. The summed E-state index contributed by atoms with van der Waals surface area (Å²) < 4.78 is 20.5. The predicted octanol–water partition coefficient (Wildman–Crippen LogP) is 7.16. The quantitative estimate of drug-likeness (QED) is 0.343. The van der Waals surface area contributed by atoms with Gasteiger partial charge < -0.3 is 9.73 Å². The summed E-state index contributed by atoms with van der Waals surface area (Å²) in [7, 11) is 0. The molecule has 4 aromatic carbocycles. The fraction of sp³-hybridized carbons (Fsp3) is 0. The Labute approximate surface area is 178 Å². The van der Waals surface area contributed by atoms with Crippen molar-refractivity contribution in [3.8, 4) is 22.3 Å². The minimum atomic E-state index is -0.353. The Morgan fingerprint density at radius 3 is 2.29 bits per heavy atom. The van der Waals surface area contributed by atoms with E-state index in [2.05, 4.69) is 5.32 Å². The number of rotatable bonds is 4. The lowest BCUT2D eigenvalue weighted by molar-refractivity contribution is 0.0998. The second kappa shape index (κ2) is 7.92. The van der Waals surface area contributed by atoms with Crippen molar-refractivity contribution >= 4 is 22.6 Å². The van der Waals surface area contributed by atoms with E-state index in [-0.39, 0.29) is 17.5 Å². The van der Waals surface area contributed by atoms with Crippen LogP contribution in [0.1, 0.15) is 10.6 Å². The number of nitrogens with one attached hydrogen (secondary N) is 1. The number of halogens is 1. The summed E-state index contributed by atoms with van der Waals surface area (Å²) in [5.74, 6) is -0.444. The largest absolute Gasteiger partial charge is 0.451 e. The van der Waals surface area contributed by atoms with Gasteiger partial charge >= 0.3 is 0 Å². The highest BCUT2D eigenvalue weighted by molar-refractivity contribution is 6.04. The molecule has 1 heterocycles. The molecule has 150 valence electrons. The van der Waals surface area contributed by atoms with E-state index in [4.69, 9.17) is 4.42 Å². The fourth-order valence-electron chi connectivity index (χ4n) is 3.61. The molecule has 1 aromatic heterocycles. The van der Waals surface area contributed by atoms with Gasteiger partial charge in [-0.25, -0.2) is 4.39 Å². The second-order valence-electron chi connectivity index (χ2n) is 7.24. The van der Waals surface area contributed by atoms with Gasteiger partial charge in [0.15, 0.2) is 5.76 Å². The van der Waals surface area contributed by atoms with Crippen LogP contribution >= 0.6 is 0 Å². The van der Waals surface area contributed by atoms with Crippen molar-refractivity contribution in [3.63, 3.8) is 0 Å². The number of anilines is 1. The van der Waals surface area contributed by atoms with Crippen LogP contribution in [0.25, 0.3) is 33.2 Å². The minimum Gasteiger partial charge on any atom is -0.451 e. The number of hydrogen-bond donors (Lipinski definition) is 1. The van der Waals surface area contributed by atoms with Crippen LogP contribution in [0.4, 0.5) is 10.1 Å². The first-order valence-corrected chi connectivity index (χ1v) is 9.93. The van der Waals surface area contributed by atoms with Crippen molar-refractivity contribution in [3.05, 3.63) is 115 Å². The summed E-state index contributed by atoms with van der Waals surface area (Å²) in [5, 5.41) is 3.69. The van der Waals surface area contributed by atoms with Crippen molar-refractivity contribution in [1.82, 2.24) is 0 Å². The molecule has 0 saturated carbocycles. The molecule has 4 heteroatoms. The van der Waals surface area contributed by atoms with E-state index >= 15 is 0 Å². The summed E-state index contributed by atoms with van der Waals surface area (Å²) >= 11 is 0. The van der Waals surface area contributed by atoms with Crippen LogP contribution < -0.4 is 5.32 Å². The minimum absolute atomic E-state index is 0.227. The molecule has 0 unspecified atom stereocenters. The first-order chi connectivity index (χ1) is 15.2. The number of benzene rings is 4. The van der Waals surface area contributed by atoms with E-state index in [0.29, 0.717) is 22.4 Å². The van der Waals surface area contributed by atoms with Crippen LogP contribution in [0, 0.1) is 5.82 Å². The zero-order valence-corrected chi connectivity index (χ0v) is 16.5. The van der Waals surface area contributed by atoms with Gasteiger partial charge in [0.1, 0.15) is 11.4 Å². The zero-order valence-electron chi connectivity index (χ0n) is 16.5. The summed E-state index contributed by atoms with van der Waals surface area (Å²) in [6, 6.07) is 31.1. The molecule has 5 rings (SSSR count). The third-order valence-electron chi connectivity index (χ3n) is 5.16. The average Bonchev–Trinajstić information content (AvgIpc) is 3.24. The van der Waals surface area contributed by atoms with Gasteiger partial charge in [0.05, 0.1) is 0 Å². The predicted molar refractivity (Wildman–Crippen MR) is 121 cm³/mol.